The third-order valence-electron chi connectivity index (χ3n) is 3.42. The first-order valence-electron chi connectivity index (χ1n) is 6.96. The maximum atomic E-state index is 13.8. The van der Waals surface area contributed by atoms with E-state index >= 15 is 0 Å². The average Bonchev–Trinajstić information content (AvgIpc) is 2.51. The largest absolute Gasteiger partial charge is 0.310 e. The normalized spacial score (nSPS) is 12.4. The van der Waals surface area contributed by atoms with Gasteiger partial charge in [-0.3, -0.25) is 0 Å². The maximum absolute atomic E-state index is 13.8. The molecule has 21 heavy (non-hydrogen) atoms. The van der Waals surface area contributed by atoms with E-state index in [2.05, 4.69) is 5.32 Å². The molecular weight excluding hydrogens is 288 g/mol. The highest BCUT2D eigenvalue weighted by atomic mass is 32.2. The van der Waals surface area contributed by atoms with Crippen molar-refractivity contribution in [1.82, 2.24) is 5.32 Å². The van der Waals surface area contributed by atoms with Crippen molar-refractivity contribution < 1.29 is 8.78 Å². The fourth-order valence-corrected chi connectivity index (χ4v) is 2.72. The zero-order chi connectivity index (χ0) is 15.2. The second-order valence-corrected chi connectivity index (χ2v) is 5.68. The van der Waals surface area contributed by atoms with Crippen molar-refractivity contribution >= 4 is 11.8 Å². The van der Waals surface area contributed by atoms with Gasteiger partial charge in [-0.15, -0.1) is 11.8 Å². The van der Waals surface area contributed by atoms with Gasteiger partial charge in [0, 0.05) is 10.9 Å². The van der Waals surface area contributed by atoms with Crippen molar-refractivity contribution in [2.75, 3.05) is 12.8 Å². The van der Waals surface area contributed by atoms with Crippen LogP contribution in [0.4, 0.5) is 8.78 Å². The summed E-state index contributed by atoms with van der Waals surface area (Å²) in [6.45, 7) is 2.77. The molecule has 0 heterocycles. The van der Waals surface area contributed by atoms with Gasteiger partial charge in [0.15, 0.2) is 11.6 Å². The van der Waals surface area contributed by atoms with E-state index in [4.69, 9.17) is 0 Å². The molecular formula is C17H19F2NS. The Labute approximate surface area is 128 Å². The number of hydrogen-bond donors (Lipinski definition) is 1. The Kier molecular flexibility index (Phi) is 5.76. The maximum Gasteiger partial charge on any atom is 0.162 e. The third kappa shape index (κ3) is 4.05. The van der Waals surface area contributed by atoms with Gasteiger partial charge in [0.1, 0.15) is 0 Å². The van der Waals surface area contributed by atoms with Crippen LogP contribution in [0.25, 0.3) is 0 Å². The van der Waals surface area contributed by atoms with Crippen molar-refractivity contribution in [3.8, 4) is 0 Å². The molecule has 2 aromatic carbocycles. The topological polar surface area (TPSA) is 12.0 Å². The molecule has 0 aliphatic carbocycles. The van der Waals surface area contributed by atoms with E-state index in [0.29, 0.717) is 12.0 Å². The van der Waals surface area contributed by atoms with E-state index in [1.165, 1.54) is 4.90 Å². The van der Waals surface area contributed by atoms with Crippen LogP contribution < -0.4 is 5.32 Å². The zero-order valence-corrected chi connectivity index (χ0v) is 13.0. The van der Waals surface area contributed by atoms with Crippen LogP contribution in [-0.2, 0) is 6.42 Å². The second-order valence-electron chi connectivity index (χ2n) is 4.80. The van der Waals surface area contributed by atoms with Gasteiger partial charge in [0.2, 0.25) is 0 Å². The van der Waals surface area contributed by atoms with Crippen LogP contribution >= 0.6 is 11.8 Å². The number of thioether (sulfide) groups is 1. The van der Waals surface area contributed by atoms with E-state index in [0.717, 1.165) is 18.2 Å². The second kappa shape index (κ2) is 7.57. The molecule has 1 atom stereocenters. The lowest BCUT2D eigenvalue weighted by Crippen LogP contribution is -2.23. The molecule has 112 valence electrons. The summed E-state index contributed by atoms with van der Waals surface area (Å²) in [6.07, 6.45) is 2.45. The number of benzene rings is 2. The number of nitrogens with one attached hydrogen (secondary N) is 1. The Balaban J connectivity index is 2.23. The number of halogens is 2. The zero-order valence-electron chi connectivity index (χ0n) is 12.2. The summed E-state index contributed by atoms with van der Waals surface area (Å²) in [5.74, 6) is -1.54. The third-order valence-corrected chi connectivity index (χ3v) is 4.17. The number of likely N-dealkylation sites (N-methyl/N-ethyl adjacent to an activating group) is 1. The van der Waals surface area contributed by atoms with Crippen LogP contribution in [-0.4, -0.2) is 12.8 Å². The smallest absolute Gasteiger partial charge is 0.162 e. The lowest BCUT2D eigenvalue weighted by Gasteiger charge is -2.19. The minimum atomic E-state index is -0.791. The molecule has 0 bridgehead atoms. The first-order valence-corrected chi connectivity index (χ1v) is 8.18. The van der Waals surface area contributed by atoms with Crippen LogP contribution in [0.5, 0.6) is 0 Å². The van der Waals surface area contributed by atoms with Gasteiger partial charge in [-0.05, 0) is 48.5 Å². The molecule has 1 unspecified atom stereocenters. The van der Waals surface area contributed by atoms with Gasteiger partial charge in [-0.2, -0.15) is 0 Å². The Morgan fingerprint density at radius 2 is 1.81 bits per heavy atom. The first-order chi connectivity index (χ1) is 10.2. The SMILES string of the molecule is CCNC(Cc1cccc(F)c1F)c1ccc(SC)cc1. The number of rotatable bonds is 6. The summed E-state index contributed by atoms with van der Waals surface area (Å²) in [6, 6.07) is 12.5. The van der Waals surface area contributed by atoms with Crippen LogP contribution in [0.15, 0.2) is 47.4 Å². The minimum Gasteiger partial charge on any atom is -0.310 e. The van der Waals surface area contributed by atoms with Crippen molar-refractivity contribution in [2.45, 2.75) is 24.3 Å². The van der Waals surface area contributed by atoms with E-state index in [-0.39, 0.29) is 6.04 Å². The highest BCUT2D eigenvalue weighted by Gasteiger charge is 2.15. The van der Waals surface area contributed by atoms with Crippen molar-refractivity contribution in [1.29, 1.82) is 0 Å². The predicted octanol–water partition coefficient (Wildman–Crippen LogP) is 4.58. The van der Waals surface area contributed by atoms with Crippen molar-refractivity contribution in [2.24, 2.45) is 0 Å². The fraction of sp³-hybridized carbons (Fsp3) is 0.294. The van der Waals surface area contributed by atoms with Gasteiger partial charge < -0.3 is 5.32 Å². The molecule has 0 aliphatic heterocycles. The van der Waals surface area contributed by atoms with Gasteiger partial charge in [-0.25, -0.2) is 8.78 Å². The lowest BCUT2D eigenvalue weighted by molar-refractivity contribution is 0.481. The Morgan fingerprint density at radius 1 is 1.10 bits per heavy atom. The Hall–Kier alpha value is -1.39. The summed E-state index contributed by atoms with van der Waals surface area (Å²) in [4.78, 5) is 1.19. The van der Waals surface area contributed by atoms with Crippen LogP contribution in [0, 0.1) is 11.6 Å². The molecule has 0 spiro atoms. The van der Waals surface area contributed by atoms with E-state index in [1.54, 1.807) is 23.9 Å². The minimum absolute atomic E-state index is 0.0257. The molecule has 0 amide bonds. The molecule has 0 aromatic heterocycles. The van der Waals surface area contributed by atoms with Crippen molar-refractivity contribution in [3.05, 3.63) is 65.2 Å². The van der Waals surface area contributed by atoms with Gasteiger partial charge in [-0.1, -0.05) is 31.2 Å². The predicted molar refractivity (Wildman–Crippen MR) is 84.7 cm³/mol. The highest BCUT2D eigenvalue weighted by Crippen LogP contribution is 2.23. The van der Waals surface area contributed by atoms with E-state index in [9.17, 15) is 8.78 Å². The molecule has 1 nitrogen and oxygen atoms in total. The van der Waals surface area contributed by atoms with E-state index < -0.39 is 11.6 Å². The molecule has 4 heteroatoms. The summed E-state index contributed by atoms with van der Waals surface area (Å²) >= 11 is 1.68. The lowest BCUT2D eigenvalue weighted by atomic mass is 9.98. The van der Waals surface area contributed by atoms with Crippen LogP contribution in [0.3, 0.4) is 0 Å². The molecule has 0 aliphatic rings. The van der Waals surface area contributed by atoms with Gasteiger partial charge in [0.25, 0.3) is 0 Å². The van der Waals surface area contributed by atoms with E-state index in [1.807, 2.05) is 37.4 Å². The van der Waals surface area contributed by atoms with Crippen molar-refractivity contribution in [3.63, 3.8) is 0 Å². The molecule has 1 N–H and O–H groups in total. The van der Waals surface area contributed by atoms with Crippen LogP contribution in [0.1, 0.15) is 24.1 Å². The summed E-state index contributed by atoms with van der Waals surface area (Å²) in [5, 5.41) is 3.34. The first kappa shape index (κ1) is 16.0. The van der Waals surface area contributed by atoms with Gasteiger partial charge in [0.05, 0.1) is 0 Å². The molecule has 2 aromatic rings. The molecule has 0 radical (unpaired) electrons. The Bertz CT molecular complexity index is 584. The molecule has 0 saturated heterocycles. The monoisotopic (exact) mass is 307 g/mol. The summed E-state index contributed by atoms with van der Waals surface area (Å²) in [5.41, 5.74) is 1.48. The number of hydrogen-bond acceptors (Lipinski definition) is 2. The quantitative estimate of drug-likeness (QED) is 0.784. The highest BCUT2D eigenvalue weighted by molar-refractivity contribution is 7.98. The molecule has 2 rings (SSSR count). The molecule has 0 fully saturated rings. The standard InChI is InChI=1S/C17H19F2NS/c1-3-20-16(12-7-9-14(21-2)10-8-12)11-13-5-4-6-15(18)17(13)19/h4-10,16,20H,3,11H2,1-2H3. The van der Waals surface area contributed by atoms with Gasteiger partial charge >= 0.3 is 0 Å². The Morgan fingerprint density at radius 3 is 2.43 bits per heavy atom. The summed E-state index contributed by atoms with van der Waals surface area (Å²) < 4.78 is 27.1. The fourth-order valence-electron chi connectivity index (χ4n) is 2.32. The average molecular weight is 307 g/mol. The molecule has 0 saturated carbocycles. The summed E-state index contributed by atoms with van der Waals surface area (Å²) in [7, 11) is 0. The van der Waals surface area contributed by atoms with Crippen LogP contribution in [0.2, 0.25) is 0 Å².